The van der Waals surface area contributed by atoms with Crippen molar-refractivity contribution in [1.29, 1.82) is 5.26 Å². The summed E-state index contributed by atoms with van der Waals surface area (Å²) in [7, 11) is 0. The lowest BCUT2D eigenvalue weighted by Crippen LogP contribution is -2.16. The number of nitrogens with zero attached hydrogens (tertiary/aromatic N) is 2. The van der Waals surface area contributed by atoms with Gasteiger partial charge >= 0.3 is 5.97 Å². The molecule has 2 aromatic rings. The van der Waals surface area contributed by atoms with Gasteiger partial charge in [0.15, 0.2) is 0 Å². The zero-order chi connectivity index (χ0) is 16.7. The first-order valence-corrected chi connectivity index (χ1v) is 7.57. The van der Waals surface area contributed by atoms with Gasteiger partial charge in [0.1, 0.15) is 16.8 Å². The molecular weight excluding hydrogens is 314 g/mol. The van der Waals surface area contributed by atoms with Crippen LogP contribution < -0.4 is 5.32 Å². The number of ether oxygens (including phenoxy) is 1. The smallest absolute Gasteiger partial charge is 0.356 e. The highest BCUT2D eigenvalue weighted by atomic mass is 32.2. The van der Waals surface area contributed by atoms with Gasteiger partial charge in [0.2, 0.25) is 0 Å². The largest absolute Gasteiger partial charge is 0.461 e. The normalized spacial score (nSPS) is 9.74. The number of thiocyanates is 1. The highest BCUT2D eigenvalue weighted by Gasteiger charge is 2.13. The van der Waals surface area contributed by atoms with Crippen LogP contribution >= 0.6 is 11.8 Å². The van der Waals surface area contributed by atoms with Gasteiger partial charge < -0.3 is 10.1 Å². The number of esters is 1. The third-order valence-electron chi connectivity index (χ3n) is 2.74. The summed E-state index contributed by atoms with van der Waals surface area (Å²) in [5, 5.41) is 13.2. The predicted molar refractivity (Wildman–Crippen MR) is 86.1 cm³/mol. The maximum atomic E-state index is 12.2. The number of rotatable bonds is 5. The van der Waals surface area contributed by atoms with Gasteiger partial charge in [-0.2, -0.15) is 5.26 Å². The second kappa shape index (κ2) is 7.96. The second-order valence-corrected chi connectivity index (χ2v) is 5.16. The topological polar surface area (TPSA) is 92.1 Å². The van der Waals surface area contributed by atoms with Crippen molar-refractivity contribution < 1.29 is 14.3 Å². The van der Waals surface area contributed by atoms with Crippen LogP contribution in [0.4, 0.5) is 5.69 Å². The van der Waals surface area contributed by atoms with Gasteiger partial charge in [-0.1, -0.05) is 6.07 Å². The molecule has 7 heteroatoms. The zero-order valence-electron chi connectivity index (χ0n) is 12.3. The molecular formula is C16H13N3O3S. The van der Waals surface area contributed by atoms with E-state index in [0.717, 1.165) is 16.7 Å². The van der Waals surface area contributed by atoms with Crippen molar-refractivity contribution in [2.45, 2.75) is 11.8 Å². The average molecular weight is 327 g/mol. The van der Waals surface area contributed by atoms with Crippen LogP contribution in [0.1, 0.15) is 27.9 Å². The molecule has 0 aliphatic rings. The van der Waals surface area contributed by atoms with Crippen LogP contribution in [0.2, 0.25) is 0 Å². The van der Waals surface area contributed by atoms with Crippen LogP contribution in [-0.4, -0.2) is 23.5 Å². The van der Waals surface area contributed by atoms with Crippen LogP contribution in [0.25, 0.3) is 0 Å². The summed E-state index contributed by atoms with van der Waals surface area (Å²) in [6, 6.07) is 11.4. The molecule has 0 fully saturated rings. The first kappa shape index (κ1) is 16.5. The molecule has 1 amide bonds. The molecule has 0 radical (unpaired) electrons. The van der Waals surface area contributed by atoms with E-state index in [4.69, 9.17) is 10.00 Å². The Morgan fingerprint density at radius 3 is 2.57 bits per heavy atom. The number of thioether (sulfide) groups is 1. The molecule has 1 aromatic heterocycles. The van der Waals surface area contributed by atoms with Gasteiger partial charge in [-0.25, -0.2) is 9.78 Å². The van der Waals surface area contributed by atoms with Crippen molar-refractivity contribution >= 4 is 29.3 Å². The molecule has 23 heavy (non-hydrogen) atoms. The molecule has 0 aliphatic heterocycles. The third-order valence-corrected chi connectivity index (χ3v) is 3.34. The van der Waals surface area contributed by atoms with Crippen LogP contribution in [0.3, 0.4) is 0 Å². The van der Waals surface area contributed by atoms with Gasteiger partial charge in [-0.3, -0.25) is 4.79 Å². The molecule has 0 spiro atoms. The van der Waals surface area contributed by atoms with Crippen LogP contribution in [0.15, 0.2) is 47.4 Å². The molecule has 2 rings (SSSR count). The number of anilines is 1. The van der Waals surface area contributed by atoms with Crippen LogP contribution in [0.5, 0.6) is 0 Å². The molecule has 1 N–H and O–H groups in total. The van der Waals surface area contributed by atoms with Crippen molar-refractivity contribution in [2.75, 3.05) is 11.9 Å². The first-order chi connectivity index (χ1) is 11.1. The maximum Gasteiger partial charge on any atom is 0.356 e. The molecule has 116 valence electrons. The molecule has 0 saturated carbocycles. The lowest BCUT2D eigenvalue weighted by atomic mass is 10.2. The molecule has 0 bridgehead atoms. The van der Waals surface area contributed by atoms with Gasteiger partial charge in [0.25, 0.3) is 5.91 Å². The number of nitriles is 1. The first-order valence-electron chi connectivity index (χ1n) is 6.75. The summed E-state index contributed by atoms with van der Waals surface area (Å²) in [6.45, 7) is 1.94. The molecule has 0 aliphatic carbocycles. The summed E-state index contributed by atoms with van der Waals surface area (Å²) in [5.41, 5.74) is 0.770. The van der Waals surface area contributed by atoms with Crippen molar-refractivity contribution in [2.24, 2.45) is 0 Å². The second-order valence-electron chi connectivity index (χ2n) is 4.30. The van der Waals surface area contributed by atoms with E-state index in [1.807, 2.05) is 5.40 Å². The highest BCUT2D eigenvalue weighted by Crippen LogP contribution is 2.19. The van der Waals surface area contributed by atoms with Gasteiger partial charge in [0.05, 0.1) is 6.61 Å². The summed E-state index contributed by atoms with van der Waals surface area (Å²) in [4.78, 5) is 28.6. The van der Waals surface area contributed by atoms with E-state index >= 15 is 0 Å². The lowest BCUT2D eigenvalue weighted by molar-refractivity contribution is 0.0519. The quantitative estimate of drug-likeness (QED) is 0.515. The van der Waals surface area contributed by atoms with Crippen molar-refractivity contribution in [1.82, 2.24) is 4.98 Å². The fourth-order valence-corrected chi connectivity index (χ4v) is 2.11. The number of nitrogens with one attached hydrogen (secondary N) is 1. The van der Waals surface area contributed by atoms with E-state index in [9.17, 15) is 9.59 Å². The number of benzene rings is 1. The number of amides is 1. The summed E-state index contributed by atoms with van der Waals surface area (Å²) in [6.07, 6.45) is 0. The number of hydrogen-bond acceptors (Lipinski definition) is 6. The summed E-state index contributed by atoms with van der Waals surface area (Å²) < 4.78 is 4.86. The van der Waals surface area contributed by atoms with Crippen molar-refractivity contribution in [3.63, 3.8) is 0 Å². The Kier molecular flexibility index (Phi) is 5.72. The number of aromatic nitrogens is 1. The minimum absolute atomic E-state index is 0.0836. The van der Waals surface area contributed by atoms with E-state index in [0.29, 0.717) is 5.69 Å². The molecule has 1 aromatic carbocycles. The van der Waals surface area contributed by atoms with E-state index in [-0.39, 0.29) is 18.0 Å². The highest BCUT2D eigenvalue weighted by molar-refractivity contribution is 8.03. The van der Waals surface area contributed by atoms with Crippen molar-refractivity contribution in [3.05, 3.63) is 53.9 Å². The molecule has 0 atom stereocenters. The van der Waals surface area contributed by atoms with Crippen LogP contribution in [-0.2, 0) is 4.74 Å². The Labute approximate surface area is 137 Å². The summed E-state index contributed by atoms with van der Waals surface area (Å²) >= 11 is 1.04. The molecule has 6 nitrogen and oxygen atoms in total. The predicted octanol–water partition coefficient (Wildman–Crippen LogP) is 3.08. The third kappa shape index (κ3) is 4.56. The fourth-order valence-electron chi connectivity index (χ4n) is 1.73. The monoisotopic (exact) mass is 327 g/mol. The average Bonchev–Trinajstić information content (AvgIpc) is 2.57. The Bertz CT molecular complexity index is 754. The van der Waals surface area contributed by atoms with E-state index in [1.54, 1.807) is 37.3 Å². The minimum atomic E-state index is -0.569. The Morgan fingerprint density at radius 1 is 1.22 bits per heavy atom. The molecule has 0 unspecified atom stereocenters. The maximum absolute atomic E-state index is 12.2. The van der Waals surface area contributed by atoms with E-state index < -0.39 is 11.9 Å². The Morgan fingerprint density at radius 2 is 1.91 bits per heavy atom. The standard InChI is InChI=1S/C16H13N3O3S/c1-2-22-16(21)14-5-3-4-13(19-14)15(20)18-11-6-8-12(9-7-11)23-10-17/h3-9H,2H2,1H3,(H,18,20). The van der Waals surface area contributed by atoms with E-state index in [2.05, 4.69) is 10.3 Å². The minimum Gasteiger partial charge on any atom is -0.461 e. The lowest BCUT2D eigenvalue weighted by Gasteiger charge is -2.06. The van der Waals surface area contributed by atoms with Gasteiger partial charge in [-0.15, -0.1) is 0 Å². The number of carbonyl (C=O) groups excluding carboxylic acids is 2. The number of hydrogen-bond donors (Lipinski definition) is 1. The number of carbonyl (C=O) groups is 2. The van der Waals surface area contributed by atoms with Crippen LogP contribution in [0, 0.1) is 10.7 Å². The van der Waals surface area contributed by atoms with Gasteiger partial charge in [0, 0.05) is 10.6 Å². The zero-order valence-corrected chi connectivity index (χ0v) is 13.1. The summed E-state index contributed by atoms with van der Waals surface area (Å²) in [5.74, 6) is -1.00. The SMILES string of the molecule is CCOC(=O)c1cccc(C(=O)Nc2ccc(SC#N)cc2)n1. The molecule has 0 saturated heterocycles. The van der Waals surface area contributed by atoms with Crippen molar-refractivity contribution in [3.8, 4) is 5.40 Å². The van der Waals surface area contributed by atoms with E-state index in [1.165, 1.54) is 12.1 Å². The van der Waals surface area contributed by atoms with Gasteiger partial charge in [-0.05, 0) is 55.1 Å². The Balaban J connectivity index is 2.10. The Hall–Kier alpha value is -2.85. The fraction of sp³-hybridized carbons (Fsp3) is 0.125. The number of pyridine rings is 1. The molecule has 1 heterocycles.